The van der Waals surface area contributed by atoms with Gasteiger partial charge in [-0.3, -0.25) is 9.59 Å². The second-order valence-electron chi connectivity index (χ2n) is 10.8. The van der Waals surface area contributed by atoms with E-state index in [1.165, 1.54) is 0 Å². The number of allylic oxidation sites excluding steroid dienone is 4. The molecule has 3 saturated carbocycles. The molecule has 3 N–H and O–H groups in total. The Morgan fingerprint density at radius 2 is 2.00 bits per heavy atom. The van der Waals surface area contributed by atoms with Crippen molar-refractivity contribution in [3.05, 3.63) is 23.8 Å². The van der Waals surface area contributed by atoms with Gasteiger partial charge in [0.1, 0.15) is 0 Å². The number of carbonyl (C=O) groups excluding carboxylic acids is 3. The zero-order valence-corrected chi connectivity index (χ0v) is 19.7. The summed E-state index contributed by atoms with van der Waals surface area (Å²) in [5, 5.41) is 22.8. The first-order chi connectivity index (χ1) is 15.7. The summed E-state index contributed by atoms with van der Waals surface area (Å²) >= 11 is 0. The Morgan fingerprint density at radius 3 is 2.76 bits per heavy atom. The molecule has 0 spiro atoms. The van der Waals surface area contributed by atoms with E-state index >= 15 is 0 Å². The lowest BCUT2D eigenvalue weighted by Gasteiger charge is -2.58. The van der Waals surface area contributed by atoms with Crippen LogP contribution < -0.4 is 5.32 Å². The lowest BCUT2D eigenvalue weighted by atomic mass is 9.46. The Balaban J connectivity index is 1.43. The SMILES string of the molecule is CC12C=CC(=O)C=C1CCC1C2C(O)CC2(C)C(C(=O)COC(=O)NCCCCO)CCC12. The number of fused-ring (bicyclic) bond motifs is 5. The van der Waals surface area contributed by atoms with Crippen LogP contribution in [0.1, 0.15) is 58.8 Å². The standard InChI is InChI=1S/C26H37NO6/c1-25-10-9-17(29)13-16(25)5-6-18-19-7-8-20(26(19,2)14-21(30)23(18)25)22(31)15-33-24(32)27-11-3-4-12-28/h9-10,13,18-21,23,28,30H,3-8,11-12,14-15H2,1-2H3,(H,27,32). The van der Waals surface area contributed by atoms with Gasteiger partial charge in [-0.2, -0.15) is 0 Å². The Kier molecular flexibility index (Phi) is 6.83. The van der Waals surface area contributed by atoms with E-state index in [-0.39, 0.29) is 47.4 Å². The lowest BCUT2D eigenvalue weighted by Crippen LogP contribution is -2.56. The number of ketones is 2. The van der Waals surface area contributed by atoms with Gasteiger partial charge in [-0.15, -0.1) is 0 Å². The maximum atomic E-state index is 13.1. The van der Waals surface area contributed by atoms with Crippen LogP contribution in [0.3, 0.4) is 0 Å². The second-order valence-corrected chi connectivity index (χ2v) is 10.8. The summed E-state index contributed by atoms with van der Waals surface area (Å²) in [5.74, 6) is 0.411. The first-order valence-corrected chi connectivity index (χ1v) is 12.4. The molecule has 0 radical (unpaired) electrons. The molecule has 0 aromatic rings. The maximum Gasteiger partial charge on any atom is 0.407 e. The molecule has 4 aliphatic carbocycles. The zero-order chi connectivity index (χ0) is 23.8. The second kappa shape index (κ2) is 9.34. The highest BCUT2D eigenvalue weighted by Gasteiger charge is 2.62. The third-order valence-electron chi connectivity index (χ3n) is 9.08. The van der Waals surface area contributed by atoms with Gasteiger partial charge in [0.25, 0.3) is 0 Å². The van der Waals surface area contributed by atoms with Gasteiger partial charge >= 0.3 is 6.09 Å². The number of ether oxygens (including phenoxy) is 1. The lowest BCUT2D eigenvalue weighted by molar-refractivity contribution is -0.141. The minimum absolute atomic E-state index is 0.0278. The van der Waals surface area contributed by atoms with Gasteiger partial charge in [-0.1, -0.05) is 25.5 Å². The molecule has 0 heterocycles. The molecule has 0 aromatic carbocycles. The molecular weight excluding hydrogens is 422 g/mol. The zero-order valence-electron chi connectivity index (χ0n) is 19.7. The fourth-order valence-electron chi connectivity index (χ4n) is 7.57. The number of Topliss-reactive ketones (excluding diaryl/α,β-unsaturated/α-hetero) is 1. The van der Waals surface area contributed by atoms with Crippen LogP contribution in [0.4, 0.5) is 4.79 Å². The van der Waals surface area contributed by atoms with Crippen LogP contribution in [0.5, 0.6) is 0 Å². The first kappa shape index (κ1) is 24.1. The number of aliphatic hydroxyl groups excluding tert-OH is 2. The van der Waals surface area contributed by atoms with Gasteiger partial charge in [-0.25, -0.2) is 4.79 Å². The number of alkyl carbamates (subject to hydrolysis) is 1. The number of hydrogen-bond donors (Lipinski definition) is 3. The van der Waals surface area contributed by atoms with Crippen LogP contribution in [0.15, 0.2) is 23.8 Å². The summed E-state index contributed by atoms with van der Waals surface area (Å²) in [6, 6.07) is 0. The molecule has 7 atom stereocenters. The van der Waals surface area contributed by atoms with Gasteiger partial charge < -0.3 is 20.3 Å². The molecule has 0 aromatic heterocycles. The molecule has 0 saturated heterocycles. The van der Waals surface area contributed by atoms with Crippen molar-refractivity contribution in [1.82, 2.24) is 5.32 Å². The normalized spacial score (nSPS) is 39.2. The highest BCUT2D eigenvalue weighted by Crippen LogP contribution is 2.66. The summed E-state index contributed by atoms with van der Waals surface area (Å²) in [7, 11) is 0. The number of hydrogen-bond acceptors (Lipinski definition) is 6. The summed E-state index contributed by atoms with van der Waals surface area (Å²) in [6.07, 6.45) is 9.51. The monoisotopic (exact) mass is 459 g/mol. The highest BCUT2D eigenvalue weighted by molar-refractivity contribution is 6.01. The van der Waals surface area contributed by atoms with Crippen LogP contribution in [-0.4, -0.2) is 53.7 Å². The Labute approximate surface area is 195 Å². The summed E-state index contributed by atoms with van der Waals surface area (Å²) in [4.78, 5) is 36.9. The number of nitrogens with one attached hydrogen (secondary N) is 1. The molecule has 3 fully saturated rings. The van der Waals surface area contributed by atoms with Gasteiger partial charge in [0.2, 0.25) is 0 Å². The molecule has 0 aliphatic heterocycles. The van der Waals surface area contributed by atoms with Crippen LogP contribution in [0, 0.1) is 34.5 Å². The maximum absolute atomic E-state index is 13.1. The van der Waals surface area contributed by atoms with E-state index in [0.29, 0.717) is 37.6 Å². The van der Waals surface area contributed by atoms with Gasteiger partial charge in [-0.05, 0) is 74.3 Å². The molecule has 0 bridgehead atoms. The number of carbonyl (C=O) groups is 3. The average Bonchev–Trinajstić information content (AvgIpc) is 3.12. The van der Waals surface area contributed by atoms with Crippen molar-refractivity contribution < 1.29 is 29.3 Å². The van der Waals surface area contributed by atoms with Crippen molar-refractivity contribution in [2.45, 2.75) is 64.9 Å². The minimum atomic E-state index is -0.608. The third-order valence-corrected chi connectivity index (χ3v) is 9.08. The van der Waals surface area contributed by atoms with Crippen molar-refractivity contribution >= 4 is 17.7 Å². The fraction of sp³-hybridized carbons (Fsp3) is 0.731. The van der Waals surface area contributed by atoms with E-state index in [2.05, 4.69) is 19.2 Å². The van der Waals surface area contributed by atoms with E-state index in [1.54, 1.807) is 12.2 Å². The van der Waals surface area contributed by atoms with E-state index < -0.39 is 12.2 Å². The van der Waals surface area contributed by atoms with Crippen molar-refractivity contribution in [3.63, 3.8) is 0 Å². The number of rotatable bonds is 7. The van der Waals surface area contributed by atoms with Crippen LogP contribution >= 0.6 is 0 Å². The predicted octanol–water partition coefficient (Wildman–Crippen LogP) is 2.95. The summed E-state index contributed by atoms with van der Waals surface area (Å²) in [6.45, 7) is 4.51. The molecule has 7 unspecified atom stereocenters. The van der Waals surface area contributed by atoms with E-state index in [9.17, 15) is 19.5 Å². The van der Waals surface area contributed by atoms with Crippen LogP contribution in [0.25, 0.3) is 0 Å². The molecule has 33 heavy (non-hydrogen) atoms. The highest BCUT2D eigenvalue weighted by atomic mass is 16.5. The Bertz CT molecular complexity index is 865. The van der Waals surface area contributed by atoms with Crippen LogP contribution in [-0.2, 0) is 14.3 Å². The molecule has 1 amide bonds. The van der Waals surface area contributed by atoms with Gasteiger partial charge in [0.15, 0.2) is 18.2 Å². The van der Waals surface area contributed by atoms with Crippen LogP contribution in [0.2, 0.25) is 0 Å². The number of aliphatic hydroxyl groups is 2. The smallest absolute Gasteiger partial charge is 0.407 e. The van der Waals surface area contributed by atoms with Crippen molar-refractivity contribution in [1.29, 1.82) is 0 Å². The van der Waals surface area contributed by atoms with Gasteiger partial charge in [0.05, 0.1) is 6.10 Å². The quantitative estimate of drug-likeness (QED) is 0.505. The largest absolute Gasteiger partial charge is 0.442 e. The molecular formula is C26H37NO6. The Hall–Kier alpha value is -1.99. The Morgan fingerprint density at radius 1 is 1.21 bits per heavy atom. The number of unbranched alkanes of at least 4 members (excludes halogenated alkanes) is 1. The average molecular weight is 460 g/mol. The van der Waals surface area contributed by atoms with E-state index in [4.69, 9.17) is 9.84 Å². The molecule has 4 aliphatic rings. The minimum Gasteiger partial charge on any atom is -0.442 e. The molecule has 182 valence electrons. The summed E-state index contributed by atoms with van der Waals surface area (Å²) < 4.78 is 5.18. The number of amides is 1. The third kappa shape index (κ3) is 4.30. The van der Waals surface area contributed by atoms with E-state index in [0.717, 1.165) is 31.3 Å². The topological polar surface area (TPSA) is 113 Å². The molecule has 7 heteroatoms. The first-order valence-electron chi connectivity index (χ1n) is 12.4. The van der Waals surface area contributed by atoms with E-state index in [1.807, 2.05) is 6.08 Å². The molecule has 4 rings (SSSR count). The van der Waals surface area contributed by atoms with Gasteiger partial charge in [0, 0.05) is 30.4 Å². The summed E-state index contributed by atoms with van der Waals surface area (Å²) in [5.41, 5.74) is 0.504. The predicted molar refractivity (Wildman–Crippen MR) is 122 cm³/mol. The van der Waals surface area contributed by atoms with Crippen molar-refractivity contribution in [3.8, 4) is 0 Å². The molecule has 7 nitrogen and oxygen atoms in total. The van der Waals surface area contributed by atoms with Crippen molar-refractivity contribution in [2.75, 3.05) is 19.8 Å². The fourth-order valence-corrected chi connectivity index (χ4v) is 7.57. The van der Waals surface area contributed by atoms with Crippen molar-refractivity contribution in [2.24, 2.45) is 34.5 Å².